The van der Waals surface area contributed by atoms with Crippen LogP contribution in [0.4, 0.5) is 5.69 Å². The van der Waals surface area contributed by atoms with Gasteiger partial charge in [-0.3, -0.25) is 9.78 Å². The van der Waals surface area contributed by atoms with Gasteiger partial charge in [0.1, 0.15) is 17.9 Å². The molecule has 29 heavy (non-hydrogen) atoms. The topological polar surface area (TPSA) is 94.8 Å². The first kappa shape index (κ1) is 20.9. The van der Waals surface area contributed by atoms with Crippen LogP contribution in [0.3, 0.4) is 0 Å². The van der Waals surface area contributed by atoms with E-state index in [1.165, 1.54) is 0 Å². The minimum Gasteiger partial charge on any atom is -0.491 e. The van der Waals surface area contributed by atoms with Crippen molar-refractivity contribution in [2.45, 2.75) is 46.6 Å². The highest BCUT2D eigenvalue weighted by Crippen LogP contribution is 2.34. The van der Waals surface area contributed by atoms with Gasteiger partial charge in [-0.15, -0.1) is 0 Å². The predicted octanol–water partition coefficient (Wildman–Crippen LogP) is 3.33. The van der Waals surface area contributed by atoms with E-state index in [2.05, 4.69) is 4.98 Å². The molecule has 1 aromatic carbocycles. The molecule has 156 valence electrons. The fourth-order valence-corrected chi connectivity index (χ4v) is 3.84. The zero-order valence-corrected chi connectivity index (χ0v) is 17.5. The van der Waals surface area contributed by atoms with Gasteiger partial charge in [-0.2, -0.15) is 0 Å². The van der Waals surface area contributed by atoms with Gasteiger partial charge in [-0.25, -0.2) is 4.79 Å². The Morgan fingerprint density at radius 2 is 2.10 bits per heavy atom. The number of nitrogen functional groups attached to an aromatic ring is 1. The molecule has 1 saturated heterocycles. The zero-order valence-electron chi connectivity index (χ0n) is 17.5. The van der Waals surface area contributed by atoms with Crippen molar-refractivity contribution in [3.8, 4) is 5.75 Å². The summed E-state index contributed by atoms with van der Waals surface area (Å²) < 4.78 is 11.3. The lowest BCUT2D eigenvalue weighted by Gasteiger charge is -2.26. The van der Waals surface area contributed by atoms with Crippen molar-refractivity contribution in [1.29, 1.82) is 0 Å². The number of likely N-dealkylation sites (tertiary alicyclic amines) is 1. The Morgan fingerprint density at radius 3 is 2.79 bits per heavy atom. The highest BCUT2D eigenvalue weighted by molar-refractivity contribution is 6.07. The summed E-state index contributed by atoms with van der Waals surface area (Å²) in [4.78, 5) is 31.2. The van der Waals surface area contributed by atoms with Crippen molar-refractivity contribution in [3.63, 3.8) is 0 Å². The minimum absolute atomic E-state index is 0.0318. The van der Waals surface area contributed by atoms with Gasteiger partial charge in [-0.1, -0.05) is 19.9 Å². The van der Waals surface area contributed by atoms with Crippen molar-refractivity contribution in [1.82, 2.24) is 9.88 Å². The molecule has 2 N–H and O–H groups in total. The molecule has 3 rings (SSSR count). The molecule has 7 heteroatoms. The SMILES string of the molecule is CCOC(=O)c1c(C)nc2cccc(OC[C@@H]3CCCN3C(=O)C(C)C)c2c1N. The van der Waals surface area contributed by atoms with Crippen LogP contribution in [0.2, 0.25) is 0 Å². The van der Waals surface area contributed by atoms with Gasteiger partial charge in [0.2, 0.25) is 5.91 Å². The van der Waals surface area contributed by atoms with Gasteiger partial charge in [0.15, 0.2) is 0 Å². The number of amides is 1. The fourth-order valence-electron chi connectivity index (χ4n) is 3.84. The maximum atomic E-state index is 12.4. The summed E-state index contributed by atoms with van der Waals surface area (Å²) in [5.74, 6) is 0.177. The number of hydrogen-bond donors (Lipinski definition) is 1. The van der Waals surface area contributed by atoms with E-state index in [9.17, 15) is 9.59 Å². The fraction of sp³-hybridized carbons (Fsp3) is 0.500. The van der Waals surface area contributed by atoms with Crippen molar-refractivity contribution in [2.24, 2.45) is 5.92 Å². The van der Waals surface area contributed by atoms with Crippen LogP contribution in [0.15, 0.2) is 18.2 Å². The number of nitrogens with two attached hydrogens (primary N) is 1. The molecule has 0 bridgehead atoms. The first-order chi connectivity index (χ1) is 13.8. The second kappa shape index (κ2) is 8.68. The number of carbonyl (C=O) groups is 2. The number of aromatic nitrogens is 1. The predicted molar refractivity (Wildman–Crippen MR) is 112 cm³/mol. The van der Waals surface area contributed by atoms with Crippen molar-refractivity contribution < 1.29 is 19.1 Å². The number of carbonyl (C=O) groups excluding carboxylic acids is 2. The summed E-state index contributed by atoms with van der Waals surface area (Å²) in [5.41, 5.74) is 8.13. The summed E-state index contributed by atoms with van der Waals surface area (Å²) in [5, 5.41) is 0.598. The lowest BCUT2D eigenvalue weighted by Crippen LogP contribution is -2.41. The second-order valence-corrected chi connectivity index (χ2v) is 7.65. The highest BCUT2D eigenvalue weighted by Gasteiger charge is 2.30. The number of hydrogen-bond acceptors (Lipinski definition) is 6. The molecule has 1 fully saturated rings. The maximum Gasteiger partial charge on any atom is 0.342 e. The third-order valence-electron chi connectivity index (χ3n) is 5.26. The van der Waals surface area contributed by atoms with Crippen molar-refractivity contribution >= 4 is 28.5 Å². The second-order valence-electron chi connectivity index (χ2n) is 7.65. The van der Waals surface area contributed by atoms with E-state index in [1.54, 1.807) is 13.8 Å². The van der Waals surface area contributed by atoms with E-state index >= 15 is 0 Å². The Labute approximate surface area is 171 Å². The molecule has 1 amide bonds. The molecule has 0 spiro atoms. The van der Waals surface area contributed by atoms with Crippen LogP contribution in [0.1, 0.15) is 49.7 Å². The normalized spacial score (nSPS) is 16.4. The minimum atomic E-state index is -0.490. The molecule has 2 aromatic rings. The molecule has 7 nitrogen and oxygen atoms in total. The molecule has 0 saturated carbocycles. The van der Waals surface area contributed by atoms with Crippen LogP contribution >= 0.6 is 0 Å². The molecule has 0 radical (unpaired) electrons. The van der Waals surface area contributed by atoms with Gasteiger partial charge >= 0.3 is 5.97 Å². The number of anilines is 1. The average molecular weight is 399 g/mol. The zero-order chi connectivity index (χ0) is 21.1. The number of ether oxygens (including phenoxy) is 2. The third kappa shape index (κ3) is 4.13. The van der Waals surface area contributed by atoms with Crippen molar-refractivity contribution in [2.75, 3.05) is 25.5 Å². The molecular weight excluding hydrogens is 370 g/mol. The first-order valence-corrected chi connectivity index (χ1v) is 10.1. The van der Waals surface area contributed by atoms with E-state index in [0.29, 0.717) is 34.6 Å². The van der Waals surface area contributed by atoms with E-state index in [1.807, 2.05) is 36.9 Å². The van der Waals surface area contributed by atoms with Crippen LogP contribution in [0.5, 0.6) is 5.75 Å². The first-order valence-electron chi connectivity index (χ1n) is 10.1. The molecule has 2 heterocycles. The van der Waals surface area contributed by atoms with Gasteiger partial charge in [0, 0.05) is 12.5 Å². The van der Waals surface area contributed by atoms with Gasteiger partial charge in [-0.05, 0) is 38.8 Å². The quantitative estimate of drug-likeness (QED) is 0.749. The van der Waals surface area contributed by atoms with Crippen LogP contribution in [0.25, 0.3) is 10.9 Å². The van der Waals surface area contributed by atoms with Crippen LogP contribution in [-0.2, 0) is 9.53 Å². The Balaban J connectivity index is 1.91. The third-order valence-corrected chi connectivity index (χ3v) is 5.26. The lowest BCUT2D eigenvalue weighted by molar-refractivity contribution is -0.135. The molecule has 1 aliphatic rings. The van der Waals surface area contributed by atoms with E-state index in [-0.39, 0.29) is 30.0 Å². The number of nitrogens with zero attached hydrogens (tertiary/aromatic N) is 2. The number of fused-ring (bicyclic) bond motifs is 1. The summed E-state index contributed by atoms with van der Waals surface area (Å²) in [6, 6.07) is 5.53. The summed E-state index contributed by atoms with van der Waals surface area (Å²) in [6.07, 6.45) is 1.88. The molecular formula is C22H29N3O4. The lowest BCUT2D eigenvalue weighted by atomic mass is 10.1. The summed E-state index contributed by atoms with van der Waals surface area (Å²) in [6.45, 7) is 8.71. The molecule has 1 atom stereocenters. The van der Waals surface area contributed by atoms with Crippen LogP contribution < -0.4 is 10.5 Å². The molecule has 1 aliphatic heterocycles. The van der Waals surface area contributed by atoms with Crippen LogP contribution in [0, 0.1) is 12.8 Å². The molecule has 0 aliphatic carbocycles. The van der Waals surface area contributed by atoms with Gasteiger partial charge < -0.3 is 20.1 Å². The molecule has 0 unspecified atom stereocenters. The van der Waals surface area contributed by atoms with Gasteiger partial charge in [0.05, 0.1) is 34.9 Å². The summed E-state index contributed by atoms with van der Waals surface area (Å²) in [7, 11) is 0. The standard InChI is InChI=1S/C22H29N3O4/c1-5-28-22(27)18-14(4)24-16-9-6-10-17(19(16)20(18)23)29-12-15-8-7-11-25(15)21(26)13(2)3/h6,9-10,13,15H,5,7-8,11-12H2,1-4H3,(H2,23,24)/t15-/m0/s1. The Kier molecular flexibility index (Phi) is 6.25. The number of rotatable bonds is 6. The number of esters is 1. The number of benzene rings is 1. The Bertz CT molecular complexity index is 926. The number of aryl methyl sites for hydroxylation is 1. The monoisotopic (exact) mass is 399 g/mol. The summed E-state index contributed by atoms with van der Waals surface area (Å²) >= 11 is 0. The van der Waals surface area contributed by atoms with E-state index in [4.69, 9.17) is 15.2 Å². The number of pyridine rings is 1. The van der Waals surface area contributed by atoms with E-state index in [0.717, 1.165) is 19.4 Å². The Morgan fingerprint density at radius 1 is 1.34 bits per heavy atom. The van der Waals surface area contributed by atoms with Crippen LogP contribution in [-0.4, -0.2) is 47.6 Å². The highest BCUT2D eigenvalue weighted by atomic mass is 16.5. The maximum absolute atomic E-state index is 12.4. The largest absolute Gasteiger partial charge is 0.491 e. The van der Waals surface area contributed by atoms with Gasteiger partial charge in [0.25, 0.3) is 0 Å². The van der Waals surface area contributed by atoms with E-state index < -0.39 is 5.97 Å². The Hall–Kier alpha value is -2.83. The molecule has 1 aromatic heterocycles. The average Bonchev–Trinajstić information content (AvgIpc) is 3.14. The smallest absolute Gasteiger partial charge is 0.342 e. The van der Waals surface area contributed by atoms with Crippen molar-refractivity contribution in [3.05, 3.63) is 29.5 Å².